The van der Waals surface area contributed by atoms with Crippen LogP contribution in [0.5, 0.6) is 11.5 Å². The number of nitrogens with one attached hydrogen (secondary N) is 2. The first-order chi connectivity index (χ1) is 15.8. The summed E-state index contributed by atoms with van der Waals surface area (Å²) >= 11 is 0. The van der Waals surface area contributed by atoms with Crippen LogP contribution in [0.15, 0.2) is 77.7 Å². The molecule has 0 bridgehead atoms. The average Bonchev–Trinajstić information content (AvgIpc) is 2.81. The van der Waals surface area contributed by atoms with Gasteiger partial charge in [0.25, 0.3) is 0 Å². The van der Waals surface area contributed by atoms with Gasteiger partial charge in [0.1, 0.15) is 17.5 Å². The minimum atomic E-state index is -3.97. The number of rotatable bonds is 10. The van der Waals surface area contributed by atoms with E-state index in [9.17, 15) is 13.2 Å². The maximum atomic E-state index is 13.1. The fourth-order valence-electron chi connectivity index (χ4n) is 3.30. The second-order valence-corrected chi connectivity index (χ2v) is 9.16. The first kappa shape index (κ1) is 24.3. The Morgan fingerprint density at radius 1 is 1.00 bits per heavy atom. The minimum absolute atomic E-state index is 0.0683. The second kappa shape index (κ2) is 11.0. The van der Waals surface area contributed by atoms with Crippen LogP contribution >= 0.6 is 0 Å². The maximum Gasteiger partial charge on any atom is 0.242 e. The van der Waals surface area contributed by atoms with Gasteiger partial charge in [0.05, 0.1) is 18.6 Å². The molecule has 8 heteroatoms. The number of anilines is 1. The molecule has 0 aliphatic heterocycles. The fraction of sp³-hybridized carbons (Fsp3) is 0.240. The van der Waals surface area contributed by atoms with Crippen LogP contribution < -0.4 is 19.5 Å². The zero-order valence-electron chi connectivity index (χ0n) is 18.9. The van der Waals surface area contributed by atoms with Crippen LogP contribution in [-0.4, -0.2) is 34.1 Å². The fourth-order valence-corrected chi connectivity index (χ4v) is 4.58. The lowest BCUT2D eigenvalue weighted by Crippen LogP contribution is -2.45. The Bertz CT molecular complexity index is 1180. The summed E-state index contributed by atoms with van der Waals surface area (Å²) in [6.07, 6.45) is 0.193. The molecule has 3 aromatic rings. The van der Waals surface area contributed by atoms with Gasteiger partial charge in [0.15, 0.2) is 0 Å². The number of hydrogen-bond donors (Lipinski definition) is 2. The number of ether oxygens (including phenoxy) is 2. The Balaban J connectivity index is 1.85. The normalized spacial score (nSPS) is 12.1. The van der Waals surface area contributed by atoms with Gasteiger partial charge in [0, 0.05) is 5.69 Å². The SMILES string of the molecule is CCOc1ccc(S(=O)(=O)N[C@@H](Cc2ccccc2)C(=O)Nc2ccc(OC)cc2)cc1C. The molecule has 0 spiro atoms. The van der Waals surface area contributed by atoms with Crippen LogP contribution in [0.4, 0.5) is 5.69 Å². The van der Waals surface area contributed by atoms with Crippen molar-refractivity contribution >= 4 is 21.6 Å². The second-order valence-electron chi connectivity index (χ2n) is 7.44. The molecule has 33 heavy (non-hydrogen) atoms. The molecule has 0 saturated carbocycles. The number of carbonyl (C=O) groups excluding carboxylic acids is 1. The van der Waals surface area contributed by atoms with Crippen molar-refractivity contribution in [3.63, 3.8) is 0 Å². The van der Waals surface area contributed by atoms with Gasteiger partial charge in [-0.15, -0.1) is 0 Å². The summed E-state index contributed by atoms with van der Waals surface area (Å²) in [5.41, 5.74) is 2.06. The van der Waals surface area contributed by atoms with Gasteiger partial charge >= 0.3 is 0 Å². The molecule has 174 valence electrons. The monoisotopic (exact) mass is 468 g/mol. The molecule has 0 fully saturated rings. The van der Waals surface area contributed by atoms with Crippen LogP contribution in [0.3, 0.4) is 0 Å². The van der Waals surface area contributed by atoms with E-state index in [4.69, 9.17) is 9.47 Å². The molecule has 7 nitrogen and oxygen atoms in total. The molecule has 3 aromatic carbocycles. The highest BCUT2D eigenvalue weighted by molar-refractivity contribution is 7.89. The number of carbonyl (C=O) groups is 1. The van der Waals surface area contributed by atoms with Crippen molar-refractivity contribution in [1.29, 1.82) is 0 Å². The van der Waals surface area contributed by atoms with Gasteiger partial charge in [-0.1, -0.05) is 30.3 Å². The maximum absolute atomic E-state index is 13.1. The summed E-state index contributed by atoms with van der Waals surface area (Å²) in [5, 5.41) is 2.78. The number of sulfonamides is 1. The molecule has 0 radical (unpaired) electrons. The molecule has 2 N–H and O–H groups in total. The number of hydrogen-bond acceptors (Lipinski definition) is 5. The van der Waals surface area contributed by atoms with E-state index in [0.29, 0.717) is 29.4 Å². The van der Waals surface area contributed by atoms with Gasteiger partial charge < -0.3 is 14.8 Å². The van der Waals surface area contributed by atoms with E-state index in [0.717, 1.165) is 5.56 Å². The van der Waals surface area contributed by atoms with Crippen molar-refractivity contribution in [2.75, 3.05) is 19.0 Å². The van der Waals surface area contributed by atoms with E-state index >= 15 is 0 Å². The standard InChI is InChI=1S/C25H28N2O5S/c1-4-32-24-15-14-22(16-18(24)2)33(29,30)27-23(17-19-8-6-5-7-9-19)25(28)26-20-10-12-21(31-3)13-11-20/h5-16,23,27H,4,17H2,1-3H3,(H,26,28)/t23-/m0/s1. The zero-order chi connectivity index (χ0) is 23.8. The van der Waals surface area contributed by atoms with E-state index in [1.165, 1.54) is 12.1 Å². The third-order valence-electron chi connectivity index (χ3n) is 5.01. The number of benzene rings is 3. The molecular formula is C25H28N2O5S. The molecule has 0 aliphatic rings. The number of amides is 1. The smallest absolute Gasteiger partial charge is 0.242 e. The highest BCUT2D eigenvalue weighted by Gasteiger charge is 2.26. The van der Waals surface area contributed by atoms with Crippen molar-refractivity contribution in [1.82, 2.24) is 4.72 Å². The zero-order valence-corrected chi connectivity index (χ0v) is 19.7. The Morgan fingerprint density at radius 2 is 1.70 bits per heavy atom. The summed E-state index contributed by atoms with van der Waals surface area (Å²) in [6.45, 7) is 4.12. The van der Waals surface area contributed by atoms with Crippen molar-refractivity contribution in [3.8, 4) is 11.5 Å². The predicted octanol–water partition coefficient (Wildman–Crippen LogP) is 3.93. The number of methoxy groups -OCH3 is 1. The molecule has 0 unspecified atom stereocenters. The molecule has 0 aromatic heterocycles. The van der Waals surface area contributed by atoms with Crippen molar-refractivity contribution in [2.24, 2.45) is 0 Å². The Labute approximate surface area is 194 Å². The quantitative estimate of drug-likeness (QED) is 0.470. The molecule has 0 saturated heterocycles. The van der Waals surface area contributed by atoms with Gasteiger partial charge in [0.2, 0.25) is 15.9 Å². The van der Waals surface area contributed by atoms with Crippen LogP contribution in [0, 0.1) is 6.92 Å². The molecule has 1 atom stereocenters. The summed E-state index contributed by atoms with van der Waals surface area (Å²) in [7, 11) is -2.41. The van der Waals surface area contributed by atoms with Gasteiger partial charge in [-0.3, -0.25) is 4.79 Å². The minimum Gasteiger partial charge on any atom is -0.497 e. The summed E-state index contributed by atoms with van der Waals surface area (Å²) in [5.74, 6) is 0.810. The van der Waals surface area contributed by atoms with Crippen LogP contribution in [0.1, 0.15) is 18.1 Å². The lowest BCUT2D eigenvalue weighted by atomic mass is 10.1. The summed E-state index contributed by atoms with van der Waals surface area (Å²) in [6, 6.07) is 19.7. The van der Waals surface area contributed by atoms with E-state index in [2.05, 4.69) is 10.0 Å². The largest absolute Gasteiger partial charge is 0.497 e. The average molecular weight is 469 g/mol. The molecule has 0 aliphatic carbocycles. The Kier molecular flexibility index (Phi) is 8.08. The predicted molar refractivity (Wildman–Crippen MR) is 128 cm³/mol. The van der Waals surface area contributed by atoms with Gasteiger partial charge in [-0.25, -0.2) is 8.42 Å². The van der Waals surface area contributed by atoms with Crippen molar-refractivity contribution < 1.29 is 22.7 Å². The summed E-state index contributed by atoms with van der Waals surface area (Å²) < 4.78 is 39.5. The van der Waals surface area contributed by atoms with Gasteiger partial charge in [-0.05, 0) is 73.9 Å². The molecule has 0 heterocycles. The summed E-state index contributed by atoms with van der Waals surface area (Å²) in [4.78, 5) is 13.2. The highest BCUT2D eigenvalue weighted by Crippen LogP contribution is 2.22. The highest BCUT2D eigenvalue weighted by atomic mass is 32.2. The van der Waals surface area contributed by atoms with Crippen LogP contribution in [-0.2, 0) is 21.2 Å². The van der Waals surface area contributed by atoms with Crippen molar-refractivity contribution in [3.05, 3.63) is 83.9 Å². The first-order valence-electron chi connectivity index (χ1n) is 10.6. The molecular weight excluding hydrogens is 440 g/mol. The number of aryl methyl sites for hydroxylation is 1. The third kappa shape index (κ3) is 6.57. The van der Waals surface area contributed by atoms with Crippen molar-refractivity contribution in [2.45, 2.75) is 31.2 Å². The molecule has 3 rings (SSSR count). The topological polar surface area (TPSA) is 93.7 Å². The first-order valence-corrected chi connectivity index (χ1v) is 12.1. The van der Waals surface area contributed by atoms with Gasteiger partial charge in [-0.2, -0.15) is 4.72 Å². The van der Waals surface area contributed by atoms with E-state index in [1.54, 1.807) is 44.4 Å². The van der Waals surface area contributed by atoms with E-state index in [-0.39, 0.29) is 11.3 Å². The Morgan fingerprint density at radius 3 is 2.30 bits per heavy atom. The van der Waals surface area contributed by atoms with E-state index < -0.39 is 22.0 Å². The third-order valence-corrected chi connectivity index (χ3v) is 6.48. The van der Waals surface area contributed by atoms with E-state index in [1.807, 2.05) is 37.3 Å². The lowest BCUT2D eigenvalue weighted by molar-refractivity contribution is -0.117. The lowest BCUT2D eigenvalue weighted by Gasteiger charge is -2.19. The Hall–Kier alpha value is -3.36. The van der Waals surface area contributed by atoms with Crippen LogP contribution in [0.2, 0.25) is 0 Å². The van der Waals surface area contributed by atoms with Crippen LogP contribution in [0.25, 0.3) is 0 Å². The molecule has 1 amide bonds.